The molecule has 2 aliphatic rings. The molecule has 0 saturated heterocycles. The molecule has 0 radical (unpaired) electrons. The molecule has 9 aromatic carbocycles. The first-order valence-corrected chi connectivity index (χ1v) is 28.4. The molecule has 2 heterocycles. The monoisotopic (exact) mass is 1260 g/mol. The van der Waals surface area contributed by atoms with E-state index < -0.39 is 72.8 Å². The Labute approximate surface area is 520 Å². The Kier molecular flexibility index (Phi) is 16.5. The zero-order valence-electron chi connectivity index (χ0n) is 46.9. The van der Waals surface area contributed by atoms with Gasteiger partial charge in [0.2, 0.25) is 0 Å². The quantitative estimate of drug-likeness (QED) is 0.0132. The molecule has 11 rings (SSSR count). The van der Waals surface area contributed by atoms with Gasteiger partial charge in [-0.15, -0.1) is 0 Å². The Morgan fingerprint density at radius 2 is 0.636 bits per heavy atom. The summed E-state index contributed by atoms with van der Waals surface area (Å²) in [6.07, 6.45) is 0. The zero-order chi connectivity index (χ0) is 62.6. The number of carbonyl (C=O) groups is 8. The van der Waals surface area contributed by atoms with Gasteiger partial charge in [0.15, 0.2) is 0 Å². The van der Waals surface area contributed by atoms with E-state index in [0.717, 1.165) is 9.80 Å². The molecule has 2 aliphatic heterocycles. The third-order valence-electron chi connectivity index (χ3n) is 14.3. The molecular weight excluding hydrogens is 1220 g/mol. The summed E-state index contributed by atoms with van der Waals surface area (Å²) in [5.41, 5.74) is -0.403. The lowest BCUT2D eigenvalue weighted by Gasteiger charge is -2.34. The van der Waals surface area contributed by atoms with Gasteiger partial charge in [0.1, 0.15) is 84.5 Å². The fraction of sp³-hybridized carbons (Fsp3) is 0.152. The topological polar surface area (TPSA) is 217 Å². The van der Waals surface area contributed by atoms with E-state index in [0.29, 0.717) is 0 Å². The van der Waals surface area contributed by atoms with Gasteiger partial charge in [0.05, 0.1) is 22.3 Å². The van der Waals surface area contributed by atoms with Gasteiger partial charge in [-0.2, -0.15) is 0 Å². The van der Waals surface area contributed by atoms with E-state index in [-0.39, 0.29) is 156 Å². The number of nitrogens with zero attached hydrogens (tertiary/aromatic N) is 2. The van der Waals surface area contributed by atoms with E-state index in [1.807, 2.05) is 0 Å². The van der Waals surface area contributed by atoms with Gasteiger partial charge in [-0.1, -0.05) is 83.8 Å². The summed E-state index contributed by atoms with van der Waals surface area (Å²) >= 11 is 26.4. The van der Waals surface area contributed by atoms with Crippen molar-refractivity contribution in [3.63, 3.8) is 0 Å². The van der Waals surface area contributed by atoms with Crippen molar-refractivity contribution >= 4 is 137 Å². The van der Waals surface area contributed by atoms with Crippen LogP contribution in [0.2, 0.25) is 20.1 Å². The van der Waals surface area contributed by atoms with E-state index in [4.69, 9.17) is 84.3 Å². The SMILES string of the molecule is C=C(C)C(=O)OCCOC(=O)C(C)N1C(=O)c2cc(Oc3cccc(Cl)c3)c3c4c(Oc5cccc(Cl)c5)cc5c6c(cc(Oc7cccc(Cl)c7)c(c7c(Oc8cccc(Cl)c8)cc(c2c37)C1=O)c64)C(=O)N(C(C)C(=O)OCCOC(=O)C(=C)C)C5=O. The molecule has 0 aliphatic carbocycles. The lowest BCUT2D eigenvalue weighted by molar-refractivity contribution is -0.153. The second kappa shape index (κ2) is 24.2. The number of hydrogen-bond donors (Lipinski definition) is 0. The maximum atomic E-state index is 15.5. The van der Waals surface area contributed by atoms with Crippen LogP contribution < -0.4 is 18.9 Å². The molecule has 0 fully saturated rings. The lowest BCUT2D eigenvalue weighted by atomic mass is 9.80. The van der Waals surface area contributed by atoms with Crippen LogP contribution in [0.15, 0.2) is 146 Å². The largest absolute Gasteiger partial charge is 0.461 e. The Morgan fingerprint density at radius 1 is 0.386 bits per heavy atom. The molecule has 9 aromatic rings. The molecule has 0 aromatic heterocycles. The van der Waals surface area contributed by atoms with Crippen molar-refractivity contribution in [1.82, 2.24) is 9.80 Å². The third kappa shape index (κ3) is 11.2. The summed E-state index contributed by atoms with van der Waals surface area (Å²) < 4.78 is 48.7. The van der Waals surface area contributed by atoms with Crippen LogP contribution in [-0.2, 0) is 38.1 Å². The van der Waals surface area contributed by atoms with E-state index >= 15 is 19.2 Å². The van der Waals surface area contributed by atoms with E-state index in [9.17, 15) is 19.2 Å². The van der Waals surface area contributed by atoms with Gasteiger partial charge < -0.3 is 37.9 Å². The molecular formula is C66H46Cl4N2O16. The fourth-order valence-corrected chi connectivity index (χ4v) is 11.2. The molecule has 0 spiro atoms. The molecule has 22 heteroatoms. The molecule has 444 valence electrons. The number of imide groups is 2. The Hall–Kier alpha value is -9.72. The molecule has 0 N–H and O–H groups in total. The highest BCUT2D eigenvalue weighted by atomic mass is 35.5. The summed E-state index contributed by atoms with van der Waals surface area (Å²) in [4.78, 5) is 116. The van der Waals surface area contributed by atoms with Crippen LogP contribution in [0.4, 0.5) is 0 Å². The predicted molar refractivity (Wildman–Crippen MR) is 327 cm³/mol. The van der Waals surface area contributed by atoms with Crippen LogP contribution in [0.3, 0.4) is 0 Å². The van der Waals surface area contributed by atoms with Crippen LogP contribution in [0, 0.1) is 0 Å². The summed E-state index contributed by atoms with van der Waals surface area (Å²) in [5, 5.41) is 1.77. The third-order valence-corrected chi connectivity index (χ3v) is 15.3. The van der Waals surface area contributed by atoms with E-state index in [1.54, 1.807) is 72.8 Å². The number of ether oxygens (including phenoxy) is 8. The highest BCUT2D eigenvalue weighted by molar-refractivity contribution is 6.45. The Balaban J connectivity index is 1.25. The second-order valence-corrected chi connectivity index (χ2v) is 22.2. The second-order valence-electron chi connectivity index (χ2n) is 20.4. The van der Waals surface area contributed by atoms with E-state index in [1.165, 1.54) is 76.2 Å². The number of fused-ring (bicyclic) bond motifs is 2. The number of halogens is 4. The van der Waals surface area contributed by atoms with Gasteiger partial charge in [0.25, 0.3) is 23.6 Å². The molecule has 0 bridgehead atoms. The van der Waals surface area contributed by atoms with E-state index in [2.05, 4.69) is 13.2 Å². The van der Waals surface area contributed by atoms with Crippen LogP contribution in [0.1, 0.15) is 69.1 Å². The number of benzene rings is 9. The van der Waals surface area contributed by atoms with Crippen molar-refractivity contribution in [3.05, 3.63) is 188 Å². The first kappa shape index (κ1) is 60.0. The molecule has 0 saturated carbocycles. The van der Waals surface area contributed by atoms with Gasteiger partial charge in [-0.05, 0) is 125 Å². The molecule has 4 amide bonds. The average Bonchev–Trinajstić information content (AvgIpc) is 0.698. The van der Waals surface area contributed by atoms with Crippen LogP contribution in [0.5, 0.6) is 46.0 Å². The van der Waals surface area contributed by atoms with Crippen LogP contribution in [-0.4, -0.2) is 95.8 Å². The zero-order valence-corrected chi connectivity index (χ0v) is 49.9. The van der Waals surface area contributed by atoms with Crippen LogP contribution in [0.25, 0.3) is 43.1 Å². The minimum absolute atomic E-state index is 0.0296. The highest BCUT2D eigenvalue weighted by Crippen LogP contribution is 2.58. The molecule has 2 unspecified atom stereocenters. The fourth-order valence-electron chi connectivity index (χ4n) is 10.5. The summed E-state index contributed by atoms with van der Waals surface area (Å²) in [6.45, 7) is 11.0. The van der Waals surface area contributed by atoms with Crippen molar-refractivity contribution in [3.8, 4) is 46.0 Å². The number of rotatable bonds is 20. The smallest absolute Gasteiger partial charge is 0.333 e. The predicted octanol–water partition coefficient (Wildman–Crippen LogP) is 14.8. The van der Waals surface area contributed by atoms with Crippen LogP contribution >= 0.6 is 46.4 Å². The first-order valence-electron chi connectivity index (χ1n) is 26.9. The number of carbonyl (C=O) groups excluding carboxylic acids is 8. The van der Waals surface area contributed by atoms with Crippen molar-refractivity contribution in [2.24, 2.45) is 0 Å². The van der Waals surface area contributed by atoms with Crippen molar-refractivity contribution < 1.29 is 76.3 Å². The standard InChI is InChI=1S/C66H46Cl4N2O16/c1-31(2)63(77)81-19-21-83-65(79)33(5)71-59(73)43-27-47(85-39-15-7-11-35(67)23-39)53-55-49(87-41-17-9-13-37(69)25-41)29-45-52-46(62(76)72(61(45)75)34(6)66(80)84-22-20-82-64(78)32(3)4)30-50(88-42-18-10-14-38(70)26-42)56(58(52)55)54-48(86-40-16-8-12-36(68)24-40)28-44(60(71)74)51(43)57(53)54/h7-18,23-30,33-34H,1,3,19-22H2,2,4-6H3. The normalized spacial score (nSPS) is 13.4. The van der Waals surface area contributed by atoms with Gasteiger partial charge >= 0.3 is 23.9 Å². The summed E-state index contributed by atoms with van der Waals surface area (Å²) in [6, 6.07) is 27.7. The average molecular weight is 1260 g/mol. The maximum Gasteiger partial charge on any atom is 0.333 e. The Morgan fingerprint density at radius 3 is 0.875 bits per heavy atom. The first-order chi connectivity index (χ1) is 42.1. The maximum absolute atomic E-state index is 15.5. The van der Waals surface area contributed by atoms with Crippen molar-refractivity contribution in [2.45, 2.75) is 39.8 Å². The molecule has 88 heavy (non-hydrogen) atoms. The van der Waals surface area contributed by atoms with Gasteiger partial charge in [-0.25, -0.2) is 19.2 Å². The number of hydrogen-bond acceptors (Lipinski definition) is 16. The van der Waals surface area contributed by atoms with Gasteiger partial charge in [0, 0.05) is 74.3 Å². The summed E-state index contributed by atoms with van der Waals surface area (Å²) in [7, 11) is 0. The minimum Gasteiger partial charge on any atom is -0.461 e. The minimum atomic E-state index is -1.60. The highest BCUT2D eigenvalue weighted by Gasteiger charge is 2.45. The number of amides is 4. The Bertz CT molecular complexity index is 4040. The summed E-state index contributed by atoms with van der Waals surface area (Å²) in [5.74, 6) is -7.12. The molecule has 2 atom stereocenters. The van der Waals surface area contributed by atoms with Crippen molar-refractivity contribution in [1.29, 1.82) is 0 Å². The lowest BCUT2D eigenvalue weighted by Crippen LogP contribution is -2.50. The van der Waals surface area contributed by atoms with Gasteiger partial charge in [-0.3, -0.25) is 29.0 Å². The molecule has 18 nitrogen and oxygen atoms in total. The number of esters is 4. The van der Waals surface area contributed by atoms with Crippen molar-refractivity contribution in [2.75, 3.05) is 26.4 Å².